The summed E-state index contributed by atoms with van der Waals surface area (Å²) < 4.78 is 35.5. The molecule has 0 aliphatic carbocycles. The summed E-state index contributed by atoms with van der Waals surface area (Å²) in [7, 11) is -3.62. The predicted octanol–water partition coefficient (Wildman–Crippen LogP) is 4.52. The van der Waals surface area contributed by atoms with Crippen molar-refractivity contribution in [2.75, 3.05) is 11.1 Å². The van der Waals surface area contributed by atoms with Crippen LogP contribution < -0.4 is 10.1 Å². The maximum absolute atomic E-state index is 12.4. The Balaban J connectivity index is 1.47. The van der Waals surface area contributed by atoms with Crippen LogP contribution in [-0.2, 0) is 24.2 Å². The van der Waals surface area contributed by atoms with Crippen LogP contribution in [0.4, 0.5) is 5.69 Å². The molecular formula is C25H25NO6S. The van der Waals surface area contributed by atoms with Gasteiger partial charge in [0.05, 0.1) is 17.1 Å². The number of nitrogens with one attached hydrogen (secondary N) is 1. The SMILES string of the molecule is Cc1ccc(S(=O)(=O)CCC(=O)OC(C)C(=O)Nc2ccc(Oc3ccccc3)cc2)cc1. The molecule has 7 nitrogen and oxygen atoms in total. The van der Waals surface area contributed by atoms with Gasteiger partial charge in [-0.05, 0) is 62.4 Å². The Labute approximate surface area is 193 Å². The third kappa shape index (κ3) is 7.18. The van der Waals surface area contributed by atoms with Gasteiger partial charge in [0.15, 0.2) is 15.9 Å². The lowest BCUT2D eigenvalue weighted by molar-refractivity contribution is -0.152. The van der Waals surface area contributed by atoms with Crippen LogP contribution in [0.5, 0.6) is 11.5 Å². The van der Waals surface area contributed by atoms with E-state index in [4.69, 9.17) is 9.47 Å². The van der Waals surface area contributed by atoms with Gasteiger partial charge < -0.3 is 14.8 Å². The Morgan fingerprint density at radius 2 is 1.48 bits per heavy atom. The van der Waals surface area contributed by atoms with Gasteiger partial charge in [0.2, 0.25) is 0 Å². The number of anilines is 1. The first-order valence-electron chi connectivity index (χ1n) is 10.4. The molecule has 0 saturated carbocycles. The zero-order valence-electron chi connectivity index (χ0n) is 18.4. The van der Waals surface area contributed by atoms with Crippen LogP contribution in [0.3, 0.4) is 0 Å². The van der Waals surface area contributed by atoms with E-state index in [9.17, 15) is 18.0 Å². The van der Waals surface area contributed by atoms with Crippen LogP contribution in [0, 0.1) is 6.92 Å². The maximum atomic E-state index is 12.4. The summed E-state index contributed by atoms with van der Waals surface area (Å²) in [5.41, 5.74) is 1.44. The van der Waals surface area contributed by atoms with Crippen molar-refractivity contribution in [1.29, 1.82) is 0 Å². The van der Waals surface area contributed by atoms with Gasteiger partial charge >= 0.3 is 5.97 Å². The quantitative estimate of drug-likeness (QED) is 0.465. The first-order chi connectivity index (χ1) is 15.7. The van der Waals surface area contributed by atoms with E-state index < -0.39 is 33.6 Å². The molecule has 3 aromatic carbocycles. The molecule has 0 aliphatic heterocycles. The second-order valence-electron chi connectivity index (χ2n) is 7.44. The third-order valence-corrected chi connectivity index (χ3v) is 6.47. The number of para-hydroxylation sites is 1. The van der Waals surface area contributed by atoms with Gasteiger partial charge in [0.25, 0.3) is 5.91 Å². The Bertz CT molecular complexity index is 1190. The molecule has 0 heterocycles. The minimum atomic E-state index is -3.62. The van der Waals surface area contributed by atoms with Gasteiger partial charge in [-0.25, -0.2) is 8.42 Å². The van der Waals surface area contributed by atoms with Crippen LogP contribution in [0.1, 0.15) is 18.9 Å². The van der Waals surface area contributed by atoms with E-state index in [1.807, 2.05) is 37.3 Å². The Morgan fingerprint density at radius 3 is 2.12 bits per heavy atom. The maximum Gasteiger partial charge on any atom is 0.307 e. The highest BCUT2D eigenvalue weighted by atomic mass is 32.2. The van der Waals surface area contributed by atoms with Crippen molar-refractivity contribution in [3.05, 3.63) is 84.4 Å². The molecule has 1 unspecified atom stereocenters. The van der Waals surface area contributed by atoms with Crippen LogP contribution in [0.25, 0.3) is 0 Å². The molecule has 1 N–H and O–H groups in total. The number of hydrogen-bond acceptors (Lipinski definition) is 6. The number of aryl methyl sites for hydroxylation is 1. The molecule has 0 bridgehead atoms. The highest BCUT2D eigenvalue weighted by Crippen LogP contribution is 2.22. The number of carbonyl (C=O) groups is 2. The van der Waals surface area contributed by atoms with Crippen molar-refractivity contribution in [2.45, 2.75) is 31.3 Å². The molecule has 8 heteroatoms. The van der Waals surface area contributed by atoms with E-state index >= 15 is 0 Å². The standard InChI is InChI=1S/C25H25NO6S/c1-18-8-14-23(15-9-18)33(29,30)17-16-24(27)31-19(2)25(28)26-20-10-12-22(13-11-20)32-21-6-4-3-5-7-21/h3-15,19H,16-17H2,1-2H3,(H,26,28). The third-order valence-electron chi connectivity index (χ3n) is 4.73. The number of benzene rings is 3. The monoisotopic (exact) mass is 467 g/mol. The summed E-state index contributed by atoms with van der Waals surface area (Å²) in [6, 6.07) is 22.4. The number of hydrogen-bond donors (Lipinski definition) is 1. The van der Waals surface area contributed by atoms with E-state index in [1.54, 1.807) is 36.4 Å². The van der Waals surface area contributed by atoms with Crippen molar-refractivity contribution in [3.63, 3.8) is 0 Å². The summed E-state index contributed by atoms with van der Waals surface area (Å²) in [5.74, 6) is -0.388. The second-order valence-corrected chi connectivity index (χ2v) is 9.55. The van der Waals surface area contributed by atoms with Gasteiger partial charge in [0, 0.05) is 5.69 Å². The number of esters is 1. The molecule has 33 heavy (non-hydrogen) atoms. The van der Waals surface area contributed by atoms with Gasteiger partial charge in [-0.2, -0.15) is 0 Å². The lowest BCUT2D eigenvalue weighted by atomic mass is 10.2. The molecule has 0 radical (unpaired) electrons. The minimum Gasteiger partial charge on any atom is -0.457 e. The molecule has 0 fully saturated rings. The van der Waals surface area contributed by atoms with Crippen LogP contribution in [0.2, 0.25) is 0 Å². The number of rotatable bonds is 9. The van der Waals surface area contributed by atoms with Crippen LogP contribution >= 0.6 is 0 Å². The number of carbonyl (C=O) groups excluding carboxylic acids is 2. The lowest BCUT2D eigenvalue weighted by Crippen LogP contribution is -2.30. The van der Waals surface area contributed by atoms with E-state index in [1.165, 1.54) is 19.1 Å². The molecular weight excluding hydrogens is 442 g/mol. The summed E-state index contributed by atoms with van der Waals surface area (Å²) in [4.78, 5) is 24.6. The van der Waals surface area contributed by atoms with Crippen molar-refractivity contribution >= 4 is 27.4 Å². The van der Waals surface area contributed by atoms with Crippen molar-refractivity contribution in [3.8, 4) is 11.5 Å². The first-order valence-corrected chi connectivity index (χ1v) is 12.0. The number of ether oxygens (including phenoxy) is 2. The summed E-state index contributed by atoms with van der Waals surface area (Å²) in [6.07, 6.45) is -1.43. The van der Waals surface area contributed by atoms with E-state index in [0.29, 0.717) is 17.2 Å². The summed E-state index contributed by atoms with van der Waals surface area (Å²) in [6.45, 7) is 3.28. The zero-order valence-corrected chi connectivity index (χ0v) is 19.2. The van der Waals surface area contributed by atoms with Crippen molar-refractivity contribution < 1.29 is 27.5 Å². The largest absolute Gasteiger partial charge is 0.457 e. The average Bonchev–Trinajstić information content (AvgIpc) is 2.80. The van der Waals surface area contributed by atoms with Gasteiger partial charge in [-0.3, -0.25) is 9.59 Å². The summed E-state index contributed by atoms with van der Waals surface area (Å²) >= 11 is 0. The van der Waals surface area contributed by atoms with E-state index in [-0.39, 0.29) is 11.3 Å². The van der Waals surface area contributed by atoms with Crippen LogP contribution in [0.15, 0.2) is 83.8 Å². The van der Waals surface area contributed by atoms with E-state index in [0.717, 1.165) is 5.56 Å². The molecule has 0 aliphatic rings. The fraction of sp³-hybridized carbons (Fsp3) is 0.200. The van der Waals surface area contributed by atoms with E-state index in [2.05, 4.69) is 5.32 Å². The number of sulfone groups is 1. The molecule has 1 amide bonds. The second kappa shape index (κ2) is 10.8. The molecule has 0 spiro atoms. The Morgan fingerprint density at radius 1 is 0.879 bits per heavy atom. The zero-order chi connectivity index (χ0) is 23.8. The average molecular weight is 468 g/mol. The normalized spacial score (nSPS) is 11.9. The topological polar surface area (TPSA) is 98.8 Å². The molecule has 0 saturated heterocycles. The predicted molar refractivity (Wildman–Crippen MR) is 125 cm³/mol. The molecule has 0 aromatic heterocycles. The van der Waals surface area contributed by atoms with Gasteiger partial charge in [-0.1, -0.05) is 35.9 Å². The fourth-order valence-electron chi connectivity index (χ4n) is 2.87. The van der Waals surface area contributed by atoms with Crippen molar-refractivity contribution in [2.24, 2.45) is 0 Å². The van der Waals surface area contributed by atoms with Crippen molar-refractivity contribution in [1.82, 2.24) is 0 Å². The molecule has 1 atom stereocenters. The van der Waals surface area contributed by atoms with Gasteiger partial charge in [-0.15, -0.1) is 0 Å². The minimum absolute atomic E-state index is 0.145. The fourth-order valence-corrected chi connectivity index (χ4v) is 4.09. The highest BCUT2D eigenvalue weighted by molar-refractivity contribution is 7.91. The van der Waals surface area contributed by atoms with Crippen LogP contribution in [-0.4, -0.2) is 32.2 Å². The molecule has 3 rings (SSSR count). The lowest BCUT2D eigenvalue weighted by Gasteiger charge is -2.14. The first kappa shape index (κ1) is 24.0. The summed E-state index contributed by atoms with van der Waals surface area (Å²) in [5, 5.41) is 2.65. The molecule has 172 valence electrons. The smallest absolute Gasteiger partial charge is 0.307 e. The van der Waals surface area contributed by atoms with Gasteiger partial charge in [0.1, 0.15) is 11.5 Å². The number of amides is 1. The Hall–Kier alpha value is -3.65. The molecule has 3 aromatic rings. The highest BCUT2D eigenvalue weighted by Gasteiger charge is 2.21. The Kier molecular flexibility index (Phi) is 7.84.